The molecule has 0 aliphatic heterocycles. The Bertz CT molecular complexity index is 597. The summed E-state index contributed by atoms with van der Waals surface area (Å²) in [6.07, 6.45) is 0. The van der Waals surface area contributed by atoms with Gasteiger partial charge in [0.15, 0.2) is 17.5 Å². The van der Waals surface area contributed by atoms with Crippen molar-refractivity contribution < 1.29 is 13.9 Å². The number of hydrogen-bond acceptors (Lipinski definition) is 3. The Hall–Kier alpha value is -2.31. The second-order valence-electron chi connectivity index (χ2n) is 6.54. The third-order valence-electron chi connectivity index (χ3n) is 2.99. The average molecular weight is 352 g/mol. The molecule has 25 heavy (non-hydrogen) atoms. The van der Waals surface area contributed by atoms with E-state index in [-0.39, 0.29) is 23.7 Å². The first-order chi connectivity index (χ1) is 11.7. The van der Waals surface area contributed by atoms with Gasteiger partial charge in [-0.15, -0.1) is 0 Å². The van der Waals surface area contributed by atoms with E-state index in [1.165, 1.54) is 6.07 Å². The van der Waals surface area contributed by atoms with Gasteiger partial charge in [0.2, 0.25) is 5.91 Å². The number of hydrogen-bond donors (Lipinski definition) is 3. The fraction of sp³-hybridized carbons (Fsp3) is 0.556. The number of amides is 1. The summed E-state index contributed by atoms with van der Waals surface area (Å²) in [5.41, 5.74) is 0.436. The van der Waals surface area contributed by atoms with Crippen molar-refractivity contribution in [2.24, 2.45) is 4.99 Å². The van der Waals surface area contributed by atoms with Gasteiger partial charge in [0.25, 0.3) is 0 Å². The Kier molecular flexibility index (Phi) is 8.18. The summed E-state index contributed by atoms with van der Waals surface area (Å²) < 4.78 is 19.0. The summed E-state index contributed by atoms with van der Waals surface area (Å²) in [6.45, 7) is 11.0. The summed E-state index contributed by atoms with van der Waals surface area (Å²) in [7, 11) is 0. The van der Waals surface area contributed by atoms with E-state index in [2.05, 4.69) is 20.9 Å². The smallest absolute Gasteiger partial charge is 0.239 e. The minimum Gasteiger partial charge on any atom is -0.491 e. The number of aliphatic imine (C=N–C) groups is 1. The second kappa shape index (κ2) is 9.86. The highest BCUT2D eigenvalue weighted by molar-refractivity contribution is 5.86. The van der Waals surface area contributed by atoms with Crippen molar-refractivity contribution >= 4 is 11.9 Å². The zero-order valence-electron chi connectivity index (χ0n) is 15.7. The summed E-state index contributed by atoms with van der Waals surface area (Å²) in [5, 5.41) is 8.89. The number of nitrogens with zero attached hydrogens (tertiary/aromatic N) is 1. The van der Waals surface area contributed by atoms with Crippen molar-refractivity contribution in [2.45, 2.75) is 46.7 Å². The Balaban J connectivity index is 2.66. The number of rotatable bonds is 7. The maximum Gasteiger partial charge on any atom is 0.239 e. The van der Waals surface area contributed by atoms with Crippen LogP contribution in [0.1, 0.15) is 40.2 Å². The number of carbonyl (C=O) groups is 1. The molecule has 0 atom stereocenters. The van der Waals surface area contributed by atoms with Crippen LogP contribution in [0.2, 0.25) is 0 Å². The molecule has 1 amide bonds. The van der Waals surface area contributed by atoms with Gasteiger partial charge in [0.05, 0.1) is 19.7 Å². The zero-order chi connectivity index (χ0) is 18.9. The molecule has 0 bridgehead atoms. The maximum absolute atomic E-state index is 13.9. The molecule has 0 saturated carbocycles. The molecule has 0 aliphatic carbocycles. The van der Waals surface area contributed by atoms with Gasteiger partial charge in [-0.2, -0.15) is 0 Å². The molecule has 0 spiro atoms. The predicted octanol–water partition coefficient (Wildman–Crippen LogP) is 2.19. The van der Waals surface area contributed by atoms with Crippen molar-refractivity contribution in [3.05, 3.63) is 29.6 Å². The molecule has 1 aromatic rings. The lowest BCUT2D eigenvalue weighted by atomic mass is 10.1. The first-order valence-corrected chi connectivity index (χ1v) is 8.49. The van der Waals surface area contributed by atoms with Crippen LogP contribution < -0.4 is 20.7 Å². The van der Waals surface area contributed by atoms with E-state index in [1.807, 2.05) is 34.6 Å². The maximum atomic E-state index is 13.9. The zero-order valence-corrected chi connectivity index (χ0v) is 15.7. The molecule has 0 unspecified atom stereocenters. The van der Waals surface area contributed by atoms with Gasteiger partial charge in [-0.1, -0.05) is 6.07 Å². The lowest BCUT2D eigenvalue weighted by molar-refractivity contribution is -0.121. The van der Waals surface area contributed by atoms with Crippen LogP contribution in [0.25, 0.3) is 0 Å². The number of guanidine groups is 1. The van der Waals surface area contributed by atoms with Crippen LogP contribution in [-0.4, -0.2) is 37.1 Å². The van der Waals surface area contributed by atoms with Crippen LogP contribution >= 0.6 is 0 Å². The van der Waals surface area contributed by atoms with Crippen LogP contribution in [0.4, 0.5) is 4.39 Å². The van der Waals surface area contributed by atoms with E-state index in [9.17, 15) is 9.18 Å². The van der Waals surface area contributed by atoms with Crippen LogP contribution in [0, 0.1) is 5.82 Å². The molecule has 1 rings (SSSR count). The minimum absolute atomic E-state index is 0.112. The molecule has 7 heteroatoms. The molecule has 140 valence electrons. The molecule has 0 saturated heterocycles. The Morgan fingerprint density at radius 3 is 2.52 bits per heavy atom. The quantitative estimate of drug-likeness (QED) is 0.519. The van der Waals surface area contributed by atoms with Crippen LogP contribution in [0.15, 0.2) is 23.2 Å². The lowest BCUT2D eigenvalue weighted by Gasteiger charge is -2.21. The lowest BCUT2D eigenvalue weighted by Crippen LogP contribution is -2.48. The van der Waals surface area contributed by atoms with Crippen molar-refractivity contribution in [1.29, 1.82) is 0 Å². The summed E-state index contributed by atoms with van der Waals surface area (Å²) in [5.74, 6) is 0.210. The molecule has 1 aromatic carbocycles. The van der Waals surface area contributed by atoms with Crippen LogP contribution in [0.3, 0.4) is 0 Å². The third kappa shape index (κ3) is 8.37. The van der Waals surface area contributed by atoms with E-state index in [4.69, 9.17) is 4.74 Å². The molecule has 6 nitrogen and oxygen atoms in total. The van der Waals surface area contributed by atoms with Crippen molar-refractivity contribution in [3.8, 4) is 5.75 Å². The Morgan fingerprint density at radius 2 is 1.96 bits per heavy atom. The second-order valence-corrected chi connectivity index (χ2v) is 6.54. The Morgan fingerprint density at radius 1 is 1.24 bits per heavy atom. The molecular weight excluding hydrogens is 323 g/mol. The highest BCUT2D eigenvalue weighted by Gasteiger charge is 2.13. The number of carbonyl (C=O) groups excluding carboxylic acids is 1. The van der Waals surface area contributed by atoms with Crippen molar-refractivity contribution in [2.75, 3.05) is 19.7 Å². The topological polar surface area (TPSA) is 74.8 Å². The van der Waals surface area contributed by atoms with Crippen LogP contribution in [0.5, 0.6) is 5.75 Å². The van der Waals surface area contributed by atoms with E-state index in [0.29, 0.717) is 25.7 Å². The van der Waals surface area contributed by atoms with E-state index in [0.717, 1.165) is 5.56 Å². The van der Waals surface area contributed by atoms with E-state index in [1.54, 1.807) is 12.1 Å². The fourth-order valence-electron chi connectivity index (χ4n) is 2.05. The van der Waals surface area contributed by atoms with Gasteiger partial charge in [-0.3, -0.25) is 4.79 Å². The summed E-state index contributed by atoms with van der Waals surface area (Å²) in [4.78, 5) is 16.2. The molecule has 0 aromatic heterocycles. The van der Waals surface area contributed by atoms with E-state index >= 15 is 0 Å². The highest BCUT2D eigenvalue weighted by Crippen LogP contribution is 2.18. The number of benzene rings is 1. The fourth-order valence-corrected chi connectivity index (χ4v) is 2.05. The molecule has 0 heterocycles. The normalized spacial score (nSPS) is 11.8. The van der Waals surface area contributed by atoms with Crippen LogP contribution in [-0.2, 0) is 11.3 Å². The predicted molar refractivity (Wildman–Crippen MR) is 98.3 cm³/mol. The molecule has 0 radical (unpaired) electrons. The van der Waals surface area contributed by atoms with E-state index < -0.39 is 5.82 Å². The summed E-state index contributed by atoms with van der Waals surface area (Å²) >= 11 is 0. The Labute approximate surface area is 149 Å². The SMILES string of the molecule is CCNC(=NCc1ccc(OCC)c(F)c1)NCC(=O)NC(C)(C)C. The summed E-state index contributed by atoms with van der Waals surface area (Å²) in [6, 6.07) is 4.78. The number of halogens is 1. The first-order valence-electron chi connectivity index (χ1n) is 8.49. The largest absolute Gasteiger partial charge is 0.491 e. The number of nitrogens with one attached hydrogen (secondary N) is 3. The minimum atomic E-state index is -0.405. The molecule has 0 aliphatic rings. The molecular formula is C18H29FN4O2. The van der Waals surface area contributed by atoms with Crippen molar-refractivity contribution in [1.82, 2.24) is 16.0 Å². The monoisotopic (exact) mass is 352 g/mol. The van der Waals surface area contributed by atoms with Gasteiger partial charge in [0, 0.05) is 12.1 Å². The van der Waals surface area contributed by atoms with Gasteiger partial charge in [-0.25, -0.2) is 9.38 Å². The molecule has 0 fully saturated rings. The van der Waals surface area contributed by atoms with Crippen molar-refractivity contribution in [3.63, 3.8) is 0 Å². The van der Waals surface area contributed by atoms with Gasteiger partial charge in [-0.05, 0) is 52.3 Å². The highest BCUT2D eigenvalue weighted by atomic mass is 19.1. The molecule has 3 N–H and O–H groups in total. The average Bonchev–Trinajstić information content (AvgIpc) is 2.51. The van der Waals surface area contributed by atoms with Gasteiger partial charge in [0.1, 0.15) is 0 Å². The van der Waals surface area contributed by atoms with Gasteiger partial charge >= 0.3 is 0 Å². The first kappa shape index (κ1) is 20.7. The van der Waals surface area contributed by atoms with Gasteiger partial charge < -0.3 is 20.7 Å². The third-order valence-corrected chi connectivity index (χ3v) is 2.99. The standard InChI is InChI=1S/C18H29FN4O2/c1-6-20-17(22-12-16(24)23-18(3,4)5)21-11-13-8-9-15(25-7-2)14(19)10-13/h8-10H,6-7,11-12H2,1-5H3,(H,23,24)(H2,20,21,22). The number of ether oxygens (including phenoxy) is 1.